The maximum Gasteiger partial charge on any atom is 0.433 e. The van der Waals surface area contributed by atoms with Crippen LogP contribution in [0.25, 0.3) is 0 Å². The molecule has 0 radical (unpaired) electrons. The highest BCUT2D eigenvalue weighted by Crippen LogP contribution is 2.36. The molecule has 0 aliphatic carbocycles. The Labute approximate surface area is 183 Å². The molecule has 1 aromatic heterocycles. The van der Waals surface area contributed by atoms with Gasteiger partial charge in [0, 0.05) is 18.2 Å². The Morgan fingerprint density at radius 2 is 1.56 bits per heavy atom. The van der Waals surface area contributed by atoms with Crippen LogP contribution >= 0.6 is 0 Å². The SMILES string of the molecule is O=c1cc(C(F)(F)F)nc(Nc2ccc(C(F)(F)F)cc2[N+](=O)[O-])n1Cc1cc(F)cc(F)c1. The second-order valence-electron chi connectivity index (χ2n) is 6.78. The van der Waals surface area contributed by atoms with Crippen LogP contribution in [0.3, 0.4) is 0 Å². The molecule has 7 nitrogen and oxygen atoms in total. The molecule has 0 saturated carbocycles. The summed E-state index contributed by atoms with van der Waals surface area (Å²) in [5, 5.41) is 13.3. The maximum atomic E-state index is 13.5. The fourth-order valence-corrected chi connectivity index (χ4v) is 2.87. The molecule has 3 rings (SSSR count). The summed E-state index contributed by atoms with van der Waals surface area (Å²) in [5.74, 6) is -3.08. The zero-order chi connectivity index (χ0) is 25.4. The first-order valence-electron chi connectivity index (χ1n) is 8.92. The zero-order valence-electron chi connectivity index (χ0n) is 16.3. The summed E-state index contributed by atoms with van der Waals surface area (Å²) in [4.78, 5) is 25.7. The number of hydrogen-bond donors (Lipinski definition) is 1. The van der Waals surface area contributed by atoms with Gasteiger partial charge in [-0.05, 0) is 29.8 Å². The summed E-state index contributed by atoms with van der Waals surface area (Å²) < 4.78 is 106. The van der Waals surface area contributed by atoms with Gasteiger partial charge in [0.15, 0.2) is 5.69 Å². The first-order valence-corrected chi connectivity index (χ1v) is 8.92. The Morgan fingerprint density at radius 3 is 2.09 bits per heavy atom. The van der Waals surface area contributed by atoms with E-state index in [1.54, 1.807) is 0 Å². The van der Waals surface area contributed by atoms with Crippen molar-refractivity contribution >= 4 is 17.3 Å². The van der Waals surface area contributed by atoms with Gasteiger partial charge in [-0.2, -0.15) is 26.3 Å². The number of anilines is 2. The van der Waals surface area contributed by atoms with Gasteiger partial charge in [-0.1, -0.05) is 0 Å². The van der Waals surface area contributed by atoms with Crippen LogP contribution < -0.4 is 10.9 Å². The predicted octanol–water partition coefficient (Wildman–Crippen LogP) is 5.26. The zero-order valence-corrected chi connectivity index (χ0v) is 16.3. The van der Waals surface area contributed by atoms with E-state index in [1.165, 1.54) is 0 Å². The van der Waals surface area contributed by atoms with Crippen LogP contribution in [-0.4, -0.2) is 14.5 Å². The Hall–Kier alpha value is -4.04. The van der Waals surface area contributed by atoms with Gasteiger partial charge in [0.2, 0.25) is 5.95 Å². The van der Waals surface area contributed by atoms with Crippen LogP contribution in [0.5, 0.6) is 0 Å². The molecular formula is C19H10F8N4O3. The van der Waals surface area contributed by atoms with Crippen molar-refractivity contribution in [3.63, 3.8) is 0 Å². The number of alkyl halides is 6. The molecule has 0 unspecified atom stereocenters. The molecule has 2 aromatic carbocycles. The largest absolute Gasteiger partial charge is 0.433 e. The highest BCUT2D eigenvalue weighted by Gasteiger charge is 2.35. The molecular weight excluding hydrogens is 484 g/mol. The van der Waals surface area contributed by atoms with E-state index in [0.29, 0.717) is 22.8 Å². The van der Waals surface area contributed by atoms with Gasteiger partial charge in [-0.25, -0.2) is 13.8 Å². The highest BCUT2D eigenvalue weighted by molar-refractivity contribution is 5.67. The quantitative estimate of drug-likeness (QED) is 0.297. The number of nitro groups is 1. The lowest BCUT2D eigenvalue weighted by atomic mass is 10.1. The maximum absolute atomic E-state index is 13.5. The predicted molar refractivity (Wildman–Crippen MR) is 100 cm³/mol. The summed E-state index contributed by atoms with van der Waals surface area (Å²) >= 11 is 0. The molecule has 0 atom stereocenters. The van der Waals surface area contributed by atoms with Gasteiger partial charge in [0.05, 0.1) is 17.0 Å². The van der Waals surface area contributed by atoms with Gasteiger partial charge < -0.3 is 5.32 Å². The fourth-order valence-electron chi connectivity index (χ4n) is 2.87. The summed E-state index contributed by atoms with van der Waals surface area (Å²) in [6, 6.07) is 3.27. The number of rotatable bonds is 5. The lowest BCUT2D eigenvalue weighted by Crippen LogP contribution is -2.27. The molecule has 1 heterocycles. The van der Waals surface area contributed by atoms with Crippen molar-refractivity contribution in [3.05, 3.63) is 91.4 Å². The van der Waals surface area contributed by atoms with Gasteiger partial charge in [0.1, 0.15) is 17.3 Å². The van der Waals surface area contributed by atoms with Crippen molar-refractivity contribution in [3.8, 4) is 0 Å². The molecule has 0 amide bonds. The Morgan fingerprint density at radius 1 is 0.941 bits per heavy atom. The Bertz CT molecular complexity index is 1300. The van der Waals surface area contributed by atoms with Crippen LogP contribution in [0.15, 0.2) is 47.3 Å². The van der Waals surface area contributed by atoms with Crippen molar-refractivity contribution in [1.82, 2.24) is 9.55 Å². The Balaban J connectivity index is 2.17. The van der Waals surface area contributed by atoms with Crippen LogP contribution in [0.1, 0.15) is 16.8 Å². The second kappa shape index (κ2) is 8.72. The van der Waals surface area contributed by atoms with E-state index >= 15 is 0 Å². The molecule has 0 saturated heterocycles. The van der Waals surface area contributed by atoms with Crippen LogP contribution in [-0.2, 0) is 18.9 Å². The third-order valence-corrected chi connectivity index (χ3v) is 4.33. The molecule has 180 valence electrons. The number of halogens is 8. The minimum absolute atomic E-state index is 0.0853. The second-order valence-corrected chi connectivity index (χ2v) is 6.78. The van der Waals surface area contributed by atoms with E-state index in [9.17, 15) is 50.0 Å². The van der Waals surface area contributed by atoms with E-state index in [2.05, 4.69) is 10.3 Å². The minimum atomic E-state index is -5.13. The van der Waals surface area contributed by atoms with Gasteiger partial charge in [-0.15, -0.1) is 0 Å². The third kappa shape index (κ3) is 5.47. The molecule has 15 heteroatoms. The van der Waals surface area contributed by atoms with Crippen molar-refractivity contribution in [2.24, 2.45) is 0 Å². The number of aromatic nitrogens is 2. The first kappa shape index (κ1) is 24.6. The van der Waals surface area contributed by atoms with Gasteiger partial charge in [-0.3, -0.25) is 19.5 Å². The molecule has 0 aliphatic rings. The topological polar surface area (TPSA) is 90.1 Å². The molecule has 3 aromatic rings. The molecule has 34 heavy (non-hydrogen) atoms. The first-order chi connectivity index (χ1) is 15.6. The van der Waals surface area contributed by atoms with Gasteiger partial charge >= 0.3 is 12.4 Å². The van der Waals surface area contributed by atoms with Crippen LogP contribution in [0, 0.1) is 21.7 Å². The normalized spacial score (nSPS) is 12.0. The standard InChI is InChI=1S/C19H10F8N4O3/c20-11-3-9(4-12(21)6-11)8-30-16(32)7-15(19(25,26)27)29-17(30)28-13-2-1-10(18(22,23)24)5-14(13)31(33)34/h1-7H,8H2,(H,28,29). The average molecular weight is 494 g/mol. The van der Waals surface area contributed by atoms with E-state index < -0.39 is 69.6 Å². The fraction of sp³-hybridized carbons (Fsp3) is 0.158. The van der Waals surface area contributed by atoms with Crippen LogP contribution in [0.4, 0.5) is 52.4 Å². The number of nitro benzene ring substituents is 1. The smallest absolute Gasteiger partial charge is 0.320 e. The van der Waals surface area contributed by atoms with Crippen LogP contribution in [0.2, 0.25) is 0 Å². The molecule has 0 bridgehead atoms. The summed E-state index contributed by atoms with van der Waals surface area (Å²) in [7, 11) is 0. The number of benzene rings is 2. The third-order valence-electron chi connectivity index (χ3n) is 4.33. The Kier molecular flexibility index (Phi) is 6.31. The summed E-state index contributed by atoms with van der Waals surface area (Å²) in [5.41, 5.74) is -6.59. The van der Waals surface area contributed by atoms with Gasteiger partial charge in [0.25, 0.3) is 11.2 Å². The van der Waals surface area contributed by atoms with Crippen molar-refractivity contribution < 1.29 is 40.0 Å². The van der Waals surface area contributed by atoms with Crippen molar-refractivity contribution in [2.75, 3.05) is 5.32 Å². The van der Waals surface area contributed by atoms with Crippen molar-refractivity contribution in [2.45, 2.75) is 18.9 Å². The summed E-state index contributed by atoms with van der Waals surface area (Å²) in [6.07, 6.45) is -10.1. The van der Waals surface area contributed by atoms with Crippen molar-refractivity contribution in [1.29, 1.82) is 0 Å². The molecule has 0 fully saturated rings. The molecule has 0 aliphatic heterocycles. The summed E-state index contributed by atoms with van der Waals surface area (Å²) in [6.45, 7) is -0.727. The minimum Gasteiger partial charge on any atom is -0.320 e. The molecule has 1 N–H and O–H groups in total. The van der Waals surface area contributed by atoms with E-state index in [4.69, 9.17) is 0 Å². The van der Waals surface area contributed by atoms with E-state index in [0.717, 1.165) is 12.1 Å². The number of hydrogen-bond acceptors (Lipinski definition) is 5. The number of nitrogens with zero attached hydrogens (tertiary/aromatic N) is 3. The number of nitrogens with one attached hydrogen (secondary N) is 1. The average Bonchev–Trinajstić information content (AvgIpc) is 2.68. The lowest BCUT2D eigenvalue weighted by molar-refractivity contribution is -0.384. The molecule has 0 spiro atoms. The van der Waals surface area contributed by atoms with E-state index in [-0.39, 0.29) is 17.7 Å². The lowest BCUT2D eigenvalue weighted by Gasteiger charge is -2.17. The monoisotopic (exact) mass is 494 g/mol. The highest BCUT2D eigenvalue weighted by atomic mass is 19.4. The van der Waals surface area contributed by atoms with E-state index in [1.807, 2.05) is 0 Å².